The highest BCUT2D eigenvalue weighted by Gasteiger charge is 2.24. The Hall–Kier alpha value is -2.70. The summed E-state index contributed by atoms with van der Waals surface area (Å²) in [6.07, 6.45) is 2.15. The van der Waals surface area contributed by atoms with E-state index in [1.165, 1.54) is 11.1 Å². The molecule has 0 spiro atoms. The number of fused-ring (bicyclic) bond motifs is 1. The van der Waals surface area contributed by atoms with Crippen LogP contribution in [0.5, 0.6) is 0 Å². The smallest absolute Gasteiger partial charge is 0.258 e. The van der Waals surface area contributed by atoms with Crippen LogP contribution < -0.4 is 5.32 Å². The molecule has 27 heavy (non-hydrogen) atoms. The van der Waals surface area contributed by atoms with Crippen LogP contribution in [0.1, 0.15) is 42.6 Å². The van der Waals surface area contributed by atoms with E-state index in [0.29, 0.717) is 22.9 Å². The van der Waals surface area contributed by atoms with E-state index in [4.69, 9.17) is 4.52 Å². The fourth-order valence-corrected chi connectivity index (χ4v) is 4.03. The van der Waals surface area contributed by atoms with Gasteiger partial charge in [0.05, 0.1) is 11.3 Å². The van der Waals surface area contributed by atoms with E-state index in [1.54, 1.807) is 6.07 Å². The van der Waals surface area contributed by atoms with Crippen molar-refractivity contribution in [3.05, 3.63) is 53.1 Å². The highest BCUT2D eigenvalue weighted by molar-refractivity contribution is 7.17. The first-order chi connectivity index (χ1) is 13.1. The van der Waals surface area contributed by atoms with Crippen molar-refractivity contribution in [3.8, 4) is 28.9 Å². The fraction of sp³-hybridized carbons (Fsp3) is 0.286. The van der Waals surface area contributed by atoms with Crippen molar-refractivity contribution in [2.45, 2.75) is 38.4 Å². The van der Waals surface area contributed by atoms with Gasteiger partial charge < -0.3 is 9.84 Å². The number of aromatic nitrogens is 2. The fourth-order valence-electron chi connectivity index (χ4n) is 3.55. The Morgan fingerprint density at radius 1 is 1.30 bits per heavy atom. The maximum Gasteiger partial charge on any atom is 0.258 e. The summed E-state index contributed by atoms with van der Waals surface area (Å²) in [7, 11) is 2.91. The lowest BCUT2D eigenvalue weighted by atomic mass is 10.0. The number of hydrogen-bond donors (Lipinski definition) is 1. The van der Waals surface area contributed by atoms with Gasteiger partial charge in [0.1, 0.15) is 6.07 Å². The monoisotopic (exact) mass is 376 g/mol. The molecule has 1 aliphatic carbocycles. The Morgan fingerprint density at radius 2 is 2.15 bits per heavy atom. The topological polar surface area (TPSA) is 74.7 Å². The van der Waals surface area contributed by atoms with E-state index in [1.807, 2.05) is 38.1 Å². The minimum Gasteiger partial charge on any atom is -0.382 e. The van der Waals surface area contributed by atoms with Gasteiger partial charge in [-0.05, 0) is 61.7 Å². The van der Waals surface area contributed by atoms with Crippen LogP contribution in [-0.4, -0.2) is 16.2 Å². The molecule has 1 aliphatic rings. The molecule has 4 rings (SSSR count). The summed E-state index contributed by atoms with van der Waals surface area (Å²) in [6.45, 7) is 4.08. The molecule has 136 valence electrons. The normalized spacial score (nSPS) is 15.6. The summed E-state index contributed by atoms with van der Waals surface area (Å²) in [4.78, 5) is 4.60. The van der Waals surface area contributed by atoms with Crippen molar-refractivity contribution >= 4 is 14.9 Å². The number of nitrogens with zero attached hydrogens (tertiary/aromatic N) is 3. The standard InChI is InChI=1S/C21H21N4OP/c1-12(2)23-18-8-6-13(10-14(18)11-22)21-24-20(25-26-21)17-5-3-4-16-15(17)7-9-19(16)27/h3-6,8,10,12,19,23H,7,9,27H2,1-2H3/t19-/m1/s1. The summed E-state index contributed by atoms with van der Waals surface area (Å²) in [5, 5.41) is 16.9. The Balaban J connectivity index is 1.69. The van der Waals surface area contributed by atoms with E-state index in [9.17, 15) is 5.26 Å². The third kappa shape index (κ3) is 3.34. The molecule has 0 fully saturated rings. The van der Waals surface area contributed by atoms with Gasteiger partial charge in [-0.15, -0.1) is 9.24 Å². The molecular formula is C21H21N4OP. The zero-order valence-corrected chi connectivity index (χ0v) is 16.5. The van der Waals surface area contributed by atoms with Gasteiger partial charge in [-0.2, -0.15) is 10.2 Å². The quantitative estimate of drug-likeness (QED) is 0.652. The Bertz CT molecular complexity index is 1030. The maximum absolute atomic E-state index is 9.46. The molecule has 0 radical (unpaired) electrons. The van der Waals surface area contributed by atoms with Gasteiger partial charge >= 0.3 is 0 Å². The SMILES string of the molecule is CC(C)Nc1ccc(-c2nc(-c3cccc4c3CC[C@H]4P)no2)cc1C#N. The molecule has 1 N–H and O–H groups in total. The molecule has 1 heterocycles. The molecule has 2 atom stereocenters. The molecule has 1 unspecified atom stereocenters. The highest BCUT2D eigenvalue weighted by atomic mass is 31.0. The van der Waals surface area contributed by atoms with Crippen LogP contribution in [0.2, 0.25) is 0 Å². The predicted octanol–water partition coefficient (Wildman–Crippen LogP) is 4.96. The Morgan fingerprint density at radius 3 is 2.93 bits per heavy atom. The second-order valence-corrected chi connectivity index (χ2v) is 7.92. The van der Waals surface area contributed by atoms with Crippen molar-refractivity contribution in [2.75, 3.05) is 5.32 Å². The molecule has 5 nitrogen and oxygen atoms in total. The first-order valence-electron chi connectivity index (χ1n) is 9.09. The molecule has 0 aliphatic heterocycles. The second kappa shape index (κ2) is 7.13. The minimum absolute atomic E-state index is 0.249. The van der Waals surface area contributed by atoms with Gasteiger partial charge in [0.15, 0.2) is 0 Å². The Labute approximate surface area is 161 Å². The first kappa shape index (κ1) is 17.7. The van der Waals surface area contributed by atoms with Crippen molar-refractivity contribution in [2.24, 2.45) is 0 Å². The molecule has 0 saturated carbocycles. The zero-order valence-electron chi connectivity index (χ0n) is 15.4. The summed E-state index contributed by atoms with van der Waals surface area (Å²) in [5.74, 6) is 1.03. The first-order valence-corrected chi connectivity index (χ1v) is 9.76. The largest absolute Gasteiger partial charge is 0.382 e. The number of rotatable bonds is 4. The minimum atomic E-state index is 0.249. The van der Waals surface area contributed by atoms with Crippen LogP contribution in [0.3, 0.4) is 0 Å². The average molecular weight is 376 g/mol. The van der Waals surface area contributed by atoms with E-state index < -0.39 is 0 Å². The van der Waals surface area contributed by atoms with Crippen molar-refractivity contribution in [1.29, 1.82) is 5.26 Å². The molecule has 6 heteroatoms. The van der Waals surface area contributed by atoms with Crippen LogP contribution in [0, 0.1) is 11.3 Å². The lowest BCUT2D eigenvalue weighted by molar-refractivity contribution is 0.432. The van der Waals surface area contributed by atoms with Crippen LogP contribution in [0.25, 0.3) is 22.8 Å². The summed E-state index contributed by atoms with van der Waals surface area (Å²) in [6, 6.07) is 14.3. The number of benzene rings is 2. The van der Waals surface area contributed by atoms with Gasteiger partial charge in [-0.1, -0.05) is 23.4 Å². The van der Waals surface area contributed by atoms with E-state index in [2.05, 4.69) is 36.8 Å². The maximum atomic E-state index is 9.46. The van der Waals surface area contributed by atoms with Crippen molar-refractivity contribution in [3.63, 3.8) is 0 Å². The van der Waals surface area contributed by atoms with Gasteiger partial charge in [0.25, 0.3) is 5.89 Å². The van der Waals surface area contributed by atoms with Crippen molar-refractivity contribution in [1.82, 2.24) is 10.1 Å². The van der Waals surface area contributed by atoms with Gasteiger partial charge in [0.2, 0.25) is 5.82 Å². The molecule has 1 aromatic heterocycles. The molecule has 0 saturated heterocycles. The lowest BCUT2D eigenvalue weighted by Crippen LogP contribution is -2.10. The van der Waals surface area contributed by atoms with E-state index >= 15 is 0 Å². The van der Waals surface area contributed by atoms with Crippen LogP contribution >= 0.6 is 9.24 Å². The highest BCUT2D eigenvalue weighted by Crippen LogP contribution is 2.41. The third-order valence-corrected chi connectivity index (χ3v) is 5.51. The van der Waals surface area contributed by atoms with E-state index in [-0.39, 0.29) is 6.04 Å². The van der Waals surface area contributed by atoms with Gasteiger partial charge in [0, 0.05) is 17.2 Å². The van der Waals surface area contributed by atoms with Crippen LogP contribution in [-0.2, 0) is 6.42 Å². The molecule has 0 amide bonds. The van der Waals surface area contributed by atoms with Crippen LogP contribution in [0.15, 0.2) is 40.9 Å². The van der Waals surface area contributed by atoms with Crippen molar-refractivity contribution < 1.29 is 4.52 Å². The summed E-state index contributed by atoms with van der Waals surface area (Å²) in [5.41, 5.74) is 6.29. The molecule has 2 aromatic carbocycles. The third-order valence-electron chi connectivity index (χ3n) is 4.82. The lowest BCUT2D eigenvalue weighted by Gasteiger charge is -2.11. The second-order valence-electron chi connectivity index (χ2n) is 7.11. The number of anilines is 1. The number of nitriles is 1. The van der Waals surface area contributed by atoms with Gasteiger partial charge in [-0.3, -0.25) is 0 Å². The zero-order chi connectivity index (χ0) is 19.0. The number of hydrogen-bond acceptors (Lipinski definition) is 5. The van der Waals surface area contributed by atoms with E-state index in [0.717, 1.165) is 29.7 Å². The molecule has 3 aromatic rings. The molecule has 0 bridgehead atoms. The number of nitrogens with one attached hydrogen (secondary N) is 1. The summed E-state index contributed by atoms with van der Waals surface area (Å²) < 4.78 is 5.52. The Kier molecular flexibility index (Phi) is 4.68. The van der Waals surface area contributed by atoms with Crippen LogP contribution in [0.4, 0.5) is 5.69 Å². The summed E-state index contributed by atoms with van der Waals surface area (Å²) >= 11 is 0. The molecular weight excluding hydrogens is 355 g/mol. The average Bonchev–Trinajstić information content (AvgIpc) is 3.29. The predicted molar refractivity (Wildman–Crippen MR) is 109 cm³/mol. The van der Waals surface area contributed by atoms with Gasteiger partial charge in [-0.25, -0.2) is 0 Å².